The minimum Gasteiger partial charge on any atom is -0.507 e. The summed E-state index contributed by atoms with van der Waals surface area (Å²) in [5.74, 6) is -0.565. The topological polar surface area (TPSA) is 64.4 Å². The molecule has 1 aliphatic heterocycles. The molecule has 4 nitrogen and oxygen atoms in total. The summed E-state index contributed by atoms with van der Waals surface area (Å²) >= 11 is 12.8. The van der Waals surface area contributed by atoms with Crippen LogP contribution in [0.5, 0.6) is 0 Å². The third-order valence-corrected chi connectivity index (χ3v) is 6.95. The predicted molar refractivity (Wildman–Crippen MR) is 138 cm³/mol. The van der Waals surface area contributed by atoms with Crippen molar-refractivity contribution < 1.29 is 9.90 Å². The van der Waals surface area contributed by atoms with E-state index < -0.39 is 5.92 Å². The van der Waals surface area contributed by atoms with Crippen LogP contribution in [-0.2, 0) is 4.79 Å². The number of anilines is 1. The first-order valence-corrected chi connectivity index (χ1v) is 11.9. The van der Waals surface area contributed by atoms with E-state index in [4.69, 9.17) is 23.2 Å². The van der Waals surface area contributed by atoms with Gasteiger partial charge in [0.1, 0.15) is 11.6 Å². The zero-order valence-corrected chi connectivity index (χ0v) is 19.8. The maximum atomic E-state index is 13.4. The smallest absolute Gasteiger partial charge is 0.161 e. The highest BCUT2D eigenvalue weighted by atomic mass is 35.5. The molecule has 0 saturated heterocycles. The largest absolute Gasteiger partial charge is 0.507 e. The molecule has 0 unspecified atom stereocenters. The second kappa shape index (κ2) is 9.13. The van der Waals surface area contributed by atoms with Crippen LogP contribution >= 0.6 is 23.2 Å². The van der Waals surface area contributed by atoms with Crippen molar-refractivity contribution in [3.63, 3.8) is 0 Å². The highest BCUT2D eigenvalue weighted by Crippen LogP contribution is 2.49. The second-order valence-electron chi connectivity index (χ2n) is 8.38. The second-order valence-corrected chi connectivity index (χ2v) is 9.22. The van der Waals surface area contributed by atoms with Crippen LogP contribution in [0.2, 0.25) is 10.0 Å². The van der Waals surface area contributed by atoms with Gasteiger partial charge in [-0.15, -0.1) is 0 Å². The van der Waals surface area contributed by atoms with Gasteiger partial charge in [-0.25, -0.2) is 0 Å². The highest BCUT2D eigenvalue weighted by Gasteiger charge is 2.43. The summed E-state index contributed by atoms with van der Waals surface area (Å²) in [5, 5.41) is 21.9. The summed E-state index contributed by atoms with van der Waals surface area (Å²) in [7, 11) is 0. The van der Waals surface area contributed by atoms with Crippen molar-refractivity contribution in [3.05, 3.63) is 117 Å². The van der Waals surface area contributed by atoms with Gasteiger partial charge in [-0.1, -0.05) is 71.7 Å². The van der Waals surface area contributed by atoms with Crippen LogP contribution < -0.4 is 4.90 Å². The van der Waals surface area contributed by atoms with Crippen LogP contribution in [0.4, 0.5) is 5.69 Å². The lowest BCUT2D eigenvalue weighted by molar-refractivity contribution is -0.116. The molecule has 3 aromatic carbocycles. The van der Waals surface area contributed by atoms with E-state index in [1.807, 2.05) is 48.5 Å². The molecule has 2 aliphatic rings. The Bertz CT molecular complexity index is 1340. The van der Waals surface area contributed by atoms with Crippen molar-refractivity contribution in [3.8, 4) is 0 Å². The number of hydrogen-bond donors (Lipinski definition) is 2. The quantitative estimate of drug-likeness (QED) is 0.374. The van der Waals surface area contributed by atoms with Crippen LogP contribution in [-0.4, -0.2) is 16.7 Å². The van der Waals surface area contributed by atoms with Crippen LogP contribution in [0.15, 0.2) is 95.7 Å². The molecule has 34 heavy (non-hydrogen) atoms. The third-order valence-electron chi connectivity index (χ3n) is 6.36. The van der Waals surface area contributed by atoms with E-state index in [2.05, 4.69) is 0 Å². The fraction of sp³-hybridized carbons (Fsp3) is 0.143. The van der Waals surface area contributed by atoms with Gasteiger partial charge in [-0.2, -0.15) is 0 Å². The van der Waals surface area contributed by atoms with Gasteiger partial charge in [0.25, 0.3) is 0 Å². The molecule has 0 saturated carbocycles. The average molecular weight is 489 g/mol. The van der Waals surface area contributed by atoms with Crippen LogP contribution in [0.3, 0.4) is 0 Å². The minimum absolute atomic E-state index is 0.0102. The van der Waals surface area contributed by atoms with Gasteiger partial charge in [0, 0.05) is 50.5 Å². The predicted octanol–water partition coefficient (Wildman–Crippen LogP) is 7.55. The number of rotatable bonds is 3. The molecule has 0 radical (unpaired) electrons. The standard InChI is InChI=1S/C28H22Cl2N2O2/c29-18-13-15-19(16-14-18)32-22-11-6-12-23(33)25(22)24(20-9-4-5-10-21(20)30)26(28(32)31)27(34)17-7-2-1-3-8-17/h1-5,7-10,13-16,24,31,34H,6,11-12H2/b27-26+,31-28?/t24-/m1/s1. The number of hydrogen-bond acceptors (Lipinski definition) is 3. The van der Waals surface area contributed by atoms with E-state index in [1.54, 1.807) is 35.2 Å². The fourth-order valence-electron chi connectivity index (χ4n) is 4.84. The summed E-state index contributed by atoms with van der Waals surface area (Å²) < 4.78 is 0. The van der Waals surface area contributed by atoms with Gasteiger partial charge < -0.3 is 5.11 Å². The molecule has 0 bridgehead atoms. The monoisotopic (exact) mass is 488 g/mol. The SMILES string of the molecule is N=C1/C(=C(/O)c2ccccc2)[C@H](c2ccccc2Cl)C2=C(CCCC2=O)N1c1ccc(Cl)cc1. The first-order chi connectivity index (χ1) is 16.5. The number of aliphatic hydroxyl groups excluding tert-OH is 1. The molecular formula is C28H22Cl2N2O2. The summed E-state index contributed by atoms with van der Waals surface area (Å²) in [6.45, 7) is 0. The van der Waals surface area contributed by atoms with Crippen molar-refractivity contribution in [1.29, 1.82) is 5.41 Å². The number of ketones is 1. The van der Waals surface area contributed by atoms with Gasteiger partial charge in [-0.05, 0) is 48.7 Å². The molecule has 0 amide bonds. The summed E-state index contributed by atoms with van der Waals surface area (Å²) in [6.07, 6.45) is 1.77. The number of amidine groups is 1. The van der Waals surface area contributed by atoms with E-state index in [1.165, 1.54) is 0 Å². The molecule has 6 heteroatoms. The summed E-state index contributed by atoms with van der Waals surface area (Å²) in [5.41, 5.74) is 3.70. The molecular weight excluding hydrogens is 467 g/mol. The van der Waals surface area contributed by atoms with E-state index >= 15 is 0 Å². The van der Waals surface area contributed by atoms with Crippen LogP contribution in [0, 0.1) is 5.41 Å². The molecule has 170 valence electrons. The highest BCUT2D eigenvalue weighted by molar-refractivity contribution is 6.32. The molecule has 1 aliphatic carbocycles. The summed E-state index contributed by atoms with van der Waals surface area (Å²) in [6, 6.07) is 23.6. The first kappa shape index (κ1) is 22.5. The number of allylic oxidation sites excluding steroid dienone is 2. The zero-order chi connectivity index (χ0) is 23.8. The van der Waals surface area contributed by atoms with E-state index in [-0.39, 0.29) is 17.4 Å². The number of carbonyl (C=O) groups is 1. The molecule has 0 spiro atoms. The molecule has 2 N–H and O–H groups in total. The molecule has 1 heterocycles. The van der Waals surface area contributed by atoms with Crippen molar-refractivity contribution in [2.45, 2.75) is 25.2 Å². The number of carbonyl (C=O) groups excluding carboxylic acids is 1. The van der Waals surface area contributed by atoms with Crippen molar-refractivity contribution in [2.24, 2.45) is 0 Å². The Balaban J connectivity index is 1.84. The van der Waals surface area contributed by atoms with Gasteiger partial charge in [0.2, 0.25) is 0 Å². The number of benzene rings is 3. The number of aliphatic hydroxyl groups is 1. The van der Waals surface area contributed by atoms with Gasteiger partial charge in [-0.3, -0.25) is 15.1 Å². The van der Waals surface area contributed by atoms with Crippen molar-refractivity contribution in [1.82, 2.24) is 0 Å². The Morgan fingerprint density at radius 1 is 0.912 bits per heavy atom. The number of halogens is 2. The van der Waals surface area contributed by atoms with Crippen LogP contribution in [0.25, 0.3) is 5.76 Å². The summed E-state index contributed by atoms with van der Waals surface area (Å²) in [4.78, 5) is 15.2. The van der Waals surface area contributed by atoms with E-state index in [9.17, 15) is 15.3 Å². The van der Waals surface area contributed by atoms with Gasteiger partial charge >= 0.3 is 0 Å². The van der Waals surface area contributed by atoms with E-state index in [0.717, 1.165) is 5.70 Å². The number of nitrogens with one attached hydrogen (secondary N) is 1. The van der Waals surface area contributed by atoms with Gasteiger partial charge in [0.15, 0.2) is 5.78 Å². The normalized spacial score (nSPS) is 19.8. The van der Waals surface area contributed by atoms with Gasteiger partial charge in [0.05, 0.1) is 0 Å². The van der Waals surface area contributed by atoms with E-state index in [0.29, 0.717) is 57.3 Å². The Hall–Kier alpha value is -3.34. The number of Topliss-reactive ketones (excluding diaryl/α,β-unsaturated/α-hetero) is 1. The third kappa shape index (κ3) is 3.83. The lowest BCUT2D eigenvalue weighted by Crippen LogP contribution is -2.42. The molecule has 0 aromatic heterocycles. The first-order valence-electron chi connectivity index (χ1n) is 11.1. The molecule has 0 fully saturated rings. The Kier molecular flexibility index (Phi) is 6.03. The zero-order valence-electron chi connectivity index (χ0n) is 18.3. The lowest BCUT2D eigenvalue weighted by atomic mass is 9.73. The number of nitrogens with zero attached hydrogens (tertiary/aromatic N) is 1. The van der Waals surface area contributed by atoms with Crippen molar-refractivity contribution >= 4 is 46.3 Å². The Morgan fingerprint density at radius 3 is 2.29 bits per heavy atom. The fourth-order valence-corrected chi connectivity index (χ4v) is 5.21. The molecule has 1 atom stereocenters. The van der Waals surface area contributed by atoms with Crippen LogP contribution in [0.1, 0.15) is 36.3 Å². The molecule has 5 rings (SSSR count). The molecule has 3 aromatic rings. The Morgan fingerprint density at radius 2 is 1.59 bits per heavy atom. The van der Waals surface area contributed by atoms with Crippen molar-refractivity contribution in [2.75, 3.05) is 4.90 Å². The maximum absolute atomic E-state index is 13.4. The lowest BCUT2D eigenvalue weighted by Gasteiger charge is -2.42. The Labute approximate surface area is 208 Å². The minimum atomic E-state index is -0.646. The maximum Gasteiger partial charge on any atom is 0.161 e. The average Bonchev–Trinajstić information content (AvgIpc) is 2.85.